The molecule has 7 nitrogen and oxygen atoms in total. The highest BCUT2D eigenvalue weighted by Gasteiger charge is 2.29. The molecule has 1 amide bonds. The SMILES string of the molecule is CCCc1ccc(S(=O)(=O)N2CCN(CC(=O)N(C)Cc3cccc(OC)c3)CC2)cc1. The lowest BCUT2D eigenvalue weighted by Gasteiger charge is -2.34. The van der Waals surface area contributed by atoms with Crippen LogP contribution in [0.5, 0.6) is 5.75 Å². The maximum absolute atomic E-state index is 13.0. The Hall–Kier alpha value is -2.42. The molecule has 0 aromatic heterocycles. The lowest BCUT2D eigenvalue weighted by Crippen LogP contribution is -2.51. The predicted octanol–water partition coefficient (Wildman–Crippen LogP) is 2.61. The monoisotopic (exact) mass is 459 g/mol. The average molecular weight is 460 g/mol. The molecule has 0 bridgehead atoms. The van der Waals surface area contributed by atoms with Crippen LogP contribution in [0, 0.1) is 0 Å². The van der Waals surface area contributed by atoms with Crippen LogP contribution in [0.1, 0.15) is 24.5 Å². The van der Waals surface area contributed by atoms with Crippen LogP contribution in [0.2, 0.25) is 0 Å². The minimum atomic E-state index is -3.51. The molecular formula is C24H33N3O4S. The highest BCUT2D eigenvalue weighted by Crippen LogP contribution is 2.19. The van der Waals surface area contributed by atoms with Gasteiger partial charge in [-0.15, -0.1) is 0 Å². The van der Waals surface area contributed by atoms with Gasteiger partial charge in [0.15, 0.2) is 0 Å². The number of aryl methyl sites for hydroxylation is 1. The van der Waals surface area contributed by atoms with Gasteiger partial charge in [0.05, 0.1) is 18.6 Å². The van der Waals surface area contributed by atoms with Crippen molar-refractivity contribution in [2.75, 3.05) is 46.9 Å². The molecule has 0 saturated carbocycles. The Morgan fingerprint density at radius 2 is 1.72 bits per heavy atom. The molecule has 1 aliphatic rings. The third kappa shape index (κ3) is 6.09. The molecule has 1 fully saturated rings. The summed E-state index contributed by atoms with van der Waals surface area (Å²) in [5, 5.41) is 0. The maximum atomic E-state index is 13.0. The molecule has 2 aromatic rings. The van der Waals surface area contributed by atoms with Gasteiger partial charge in [0, 0.05) is 39.8 Å². The van der Waals surface area contributed by atoms with Crippen molar-refractivity contribution in [3.05, 3.63) is 59.7 Å². The quantitative estimate of drug-likeness (QED) is 0.577. The first-order valence-electron chi connectivity index (χ1n) is 11.0. The van der Waals surface area contributed by atoms with Crippen LogP contribution >= 0.6 is 0 Å². The van der Waals surface area contributed by atoms with Gasteiger partial charge in [-0.2, -0.15) is 4.31 Å². The summed E-state index contributed by atoms with van der Waals surface area (Å²) in [7, 11) is -0.107. The number of hydrogen-bond acceptors (Lipinski definition) is 5. The molecule has 3 rings (SSSR count). The Morgan fingerprint density at radius 1 is 1.03 bits per heavy atom. The second kappa shape index (κ2) is 10.9. The summed E-state index contributed by atoms with van der Waals surface area (Å²) in [6, 6.07) is 14.8. The number of piperazine rings is 1. The topological polar surface area (TPSA) is 70.2 Å². The normalized spacial score (nSPS) is 15.5. The van der Waals surface area contributed by atoms with Gasteiger partial charge in [0.2, 0.25) is 15.9 Å². The van der Waals surface area contributed by atoms with Gasteiger partial charge in [0.25, 0.3) is 0 Å². The fraction of sp³-hybridized carbons (Fsp3) is 0.458. The lowest BCUT2D eigenvalue weighted by atomic mass is 10.1. The first kappa shape index (κ1) is 24.2. The molecule has 1 aliphatic heterocycles. The summed E-state index contributed by atoms with van der Waals surface area (Å²) in [6.07, 6.45) is 1.97. The molecule has 174 valence electrons. The van der Waals surface area contributed by atoms with Crippen LogP contribution in [0.25, 0.3) is 0 Å². The van der Waals surface area contributed by atoms with Crippen LogP contribution in [0.4, 0.5) is 0 Å². The van der Waals surface area contributed by atoms with Crippen LogP contribution in [0.15, 0.2) is 53.4 Å². The molecule has 8 heteroatoms. The number of sulfonamides is 1. The van der Waals surface area contributed by atoms with Crippen LogP contribution in [-0.4, -0.2) is 75.3 Å². The Bertz CT molecular complexity index is 1000. The number of amides is 1. The van der Waals surface area contributed by atoms with Gasteiger partial charge < -0.3 is 9.64 Å². The third-order valence-corrected chi connectivity index (χ3v) is 7.68. The molecule has 0 aliphatic carbocycles. The van der Waals surface area contributed by atoms with E-state index in [1.54, 1.807) is 31.2 Å². The summed E-state index contributed by atoms with van der Waals surface area (Å²) >= 11 is 0. The zero-order chi connectivity index (χ0) is 23.1. The fourth-order valence-electron chi connectivity index (χ4n) is 3.84. The first-order chi connectivity index (χ1) is 15.3. The smallest absolute Gasteiger partial charge is 0.243 e. The second-order valence-corrected chi connectivity index (χ2v) is 10.1. The van der Waals surface area contributed by atoms with Gasteiger partial charge in [-0.25, -0.2) is 8.42 Å². The zero-order valence-corrected chi connectivity index (χ0v) is 20.0. The average Bonchev–Trinajstić information content (AvgIpc) is 2.80. The molecule has 0 atom stereocenters. The van der Waals surface area contributed by atoms with Crippen LogP contribution in [-0.2, 0) is 27.8 Å². The number of benzene rings is 2. The molecule has 1 saturated heterocycles. The lowest BCUT2D eigenvalue weighted by molar-refractivity contribution is -0.131. The van der Waals surface area contributed by atoms with Gasteiger partial charge in [-0.3, -0.25) is 9.69 Å². The standard InChI is InChI=1S/C24H33N3O4S/c1-4-6-20-9-11-23(12-10-20)32(29,30)27-15-13-26(14-16-27)19-24(28)25(2)18-21-7-5-8-22(17-21)31-3/h5,7-12,17H,4,6,13-16,18-19H2,1-3H3. The van der Waals surface area contributed by atoms with E-state index in [9.17, 15) is 13.2 Å². The number of likely N-dealkylation sites (N-methyl/N-ethyl adjacent to an activating group) is 1. The number of carbonyl (C=O) groups excluding carboxylic acids is 1. The Labute approximate surface area is 191 Å². The summed E-state index contributed by atoms with van der Waals surface area (Å²) < 4.78 is 32.7. The predicted molar refractivity (Wildman–Crippen MR) is 125 cm³/mol. The number of nitrogens with zero attached hydrogens (tertiary/aromatic N) is 3. The van der Waals surface area contributed by atoms with Crippen molar-refractivity contribution in [2.45, 2.75) is 31.2 Å². The van der Waals surface area contributed by atoms with Crippen molar-refractivity contribution in [2.24, 2.45) is 0 Å². The molecule has 0 N–H and O–H groups in total. The number of hydrogen-bond donors (Lipinski definition) is 0. The van der Waals surface area contributed by atoms with E-state index in [1.807, 2.05) is 41.3 Å². The van der Waals surface area contributed by atoms with Crippen molar-refractivity contribution in [1.29, 1.82) is 0 Å². The van der Waals surface area contributed by atoms with Crippen molar-refractivity contribution in [1.82, 2.24) is 14.1 Å². The summed E-state index contributed by atoms with van der Waals surface area (Å²) in [5.74, 6) is 0.774. The highest BCUT2D eigenvalue weighted by molar-refractivity contribution is 7.89. The van der Waals surface area contributed by atoms with E-state index in [-0.39, 0.29) is 12.5 Å². The van der Waals surface area contributed by atoms with Crippen molar-refractivity contribution >= 4 is 15.9 Å². The number of methoxy groups -OCH3 is 1. The van der Waals surface area contributed by atoms with Gasteiger partial charge in [0.1, 0.15) is 5.75 Å². The zero-order valence-electron chi connectivity index (χ0n) is 19.2. The van der Waals surface area contributed by atoms with E-state index in [2.05, 4.69) is 6.92 Å². The number of ether oxygens (including phenoxy) is 1. The molecular weight excluding hydrogens is 426 g/mol. The van der Waals surface area contributed by atoms with Gasteiger partial charge in [-0.05, 0) is 41.8 Å². The minimum Gasteiger partial charge on any atom is -0.497 e. The van der Waals surface area contributed by atoms with Crippen molar-refractivity contribution in [3.8, 4) is 5.75 Å². The summed E-state index contributed by atoms with van der Waals surface area (Å²) in [4.78, 5) is 16.7. The molecule has 32 heavy (non-hydrogen) atoms. The van der Waals surface area contributed by atoms with Gasteiger partial charge >= 0.3 is 0 Å². The molecule has 0 radical (unpaired) electrons. The number of carbonyl (C=O) groups is 1. The van der Waals surface area contributed by atoms with E-state index in [1.165, 1.54) is 4.31 Å². The minimum absolute atomic E-state index is 0.00985. The fourth-order valence-corrected chi connectivity index (χ4v) is 5.26. The summed E-state index contributed by atoms with van der Waals surface area (Å²) in [6.45, 7) is 4.71. The largest absolute Gasteiger partial charge is 0.497 e. The van der Waals surface area contributed by atoms with Crippen LogP contribution in [0.3, 0.4) is 0 Å². The van der Waals surface area contributed by atoms with E-state index >= 15 is 0 Å². The van der Waals surface area contributed by atoms with E-state index < -0.39 is 10.0 Å². The third-order valence-electron chi connectivity index (χ3n) is 5.77. The van der Waals surface area contributed by atoms with E-state index in [0.717, 1.165) is 29.7 Å². The molecule has 2 aromatic carbocycles. The number of rotatable bonds is 9. The van der Waals surface area contributed by atoms with E-state index in [4.69, 9.17) is 4.74 Å². The highest BCUT2D eigenvalue weighted by atomic mass is 32.2. The Morgan fingerprint density at radius 3 is 2.34 bits per heavy atom. The van der Waals surface area contributed by atoms with Crippen LogP contribution < -0.4 is 4.74 Å². The maximum Gasteiger partial charge on any atom is 0.243 e. The molecule has 1 heterocycles. The molecule has 0 spiro atoms. The second-order valence-electron chi connectivity index (χ2n) is 8.18. The van der Waals surface area contributed by atoms with Crippen molar-refractivity contribution < 1.29 is 17.9 Å². The Balaban J connectivity index is 1.51. The van der Waals surface area contributed by atoms with E-state index in [0.29, 0.717) is 37.6 Å². The summed E-state index contributed by atoms with van der Waals surface area (Å²) in [5.41, 5.74) is 2.15. The van der Waals surface area contributed by atoms with Gasteiger partial charge in [-0.1, -0.05) is 37.6 Å². The first-order valence-corrected chi connectivity index (χ1v) is 12.5. The Kier molecular flexibility index (Phi) is 8.28. The van der Waals surface area contributed by atoms with Crippen molar-refractivity contribution in [3.63, 3.8) is 0 Å². The molecule has 0 unspecified atom stereocenters.